The quantitative estimate of drug-likeness (QED) is 0.855. The van der Waals surface area contributed by atoms with E-state index in [1.807, 2.05) is 16.7 Å². The van der Waals surface area contributed by atoms with Gasteiger partial charge in [-0.05, 0) is 12.0 Å². The average molecular weight is 338 g/mol. The van der Waals surface area contributed by atoms with E-state index in [-0.39, 0.29) is 0 Å². The zero-order valence-electron chi connectivity index (χ0n) is 13.2. The molecule has 0 aliphatic carbocycles. The van der Waals surface area contributed by atoms with Crippen molar-refractivity contribution < 1.29 is 13.2 Å². The average Bonchev–Trinajstić information content (AvgIpc) is 2.61. The van der Waals surface area contributed by atoms with E-state index in [1.165, 1.54) is 0 Å². The van der Waals surface area contributed by atoms with Crippen molar-refractivity contribution in [1.82, 2.24) is 19.9 Å². The first kappa shape index (κ1) is 16.4. The number of rotatable bonds is 3. The molecule has 1 aliphatic rings. The monoisotopic (exact) mass is 338 g/mol. The number of piperazine rings is 1. The third-order valence-corrected chi connectivity index (χ3v) is 3.93. The SMILES string of the molecule is CCc1cnc(N2CCN(c3cc(C(F)(F)F)ncn3)CC2)nc1. The van der Waals surface area contributed by atoms with E-state index >= 15 is 0 Å². The van der Waals surface area contributed by atoms with Crippen molar-refractivity contribution in [3.63, 3.8) is 0 Å². The van der Waals surface area contributed by atoms with Crippen molar-refractivity contribution in [2.24, 2.45) is 0 Å². The van der Waals surface area contributed by atoms with E-state index < -0.39 is 11.9 Å². The van der Waals surface area contributed by atoms with Gasteiger partial charge in [0.15, 0.2) is 0 Å². The summed E-state index contributed by atoms with van der Waals surface area (Å²) in [5.41, 5.74) is 0.145. The van der Waals surface area contributed by atoms with Crippen LogP contribution in [-0.2, 0) is 12.6 Å². The Bertz CT molecular complexity index is 680. The maximum Gasteiger partial charge on any atom is 0.433 e. The van der Waals surface area contributed by atoms with Crippen molar-refractivity contribution in [2.75, 3.05) is 36.0 Å². The van der Waals surface area contributed by atoms with E-state index in [1.54, 1.807) is 12.4 Å². The van der Waals surface area contributed by atoms with Gasteiger partial charge < -0.3 is 9.80 Å². The Morgan fingerprint density at radius 3 is 2.17 bits per heavy atom. The summed E-state index contributed by atoms with van der Waals surface area (Å²) >= 11 is 0. The number of aromatic nitrogens is 4. The maximum absolute atomic E-state index is 12.7. The molecule has 1 aliphatic heterocycles. The molecule has 1 fully saturated rings. The summed E-state index contributed by atoms with van der Waals surface area (Å²) in [7, 11) is 0. The van der Waals surface area contributed by atoms with Gasteiger partial charge in [-0.25, -0.2) is 19.9 Å². The van der Waals surface area contributed by atoms with Crippen LogP contribution in [0.3, 0.4) is 0 Å². The second kappa shape index (κ2) is 6.58. The lowest BCUT2D eigenvalue weighted by Gasteiger charge is -2.35. The standard InChI is InChI=1S/C15H17F3N6/c1-2-11-8-19-14(20-9-11)24-5-3-23(4-6-24)13-7-12(15(16,17)18)21-10-22-13/h7-10H,2-6H2,1H3. The molecule has 0 aromatic carbocycles. The molecule has 128 valence electrons. The topological polar surface area (TPSA) is 58.0 Å². The Labute approximate surface area is 137 Å². The normalized spacial score (nSPS) is 15.7. The van der Waals surface area contributed by atoms with E-state index in [0.717, 1.165) is 24.4 Å². The fourth-order valence-electron chi connectivity index (χ4n) is 2.50. The predicted octanol–water partition coefficient (Wildman–Crippen LogP) is 2.17. The van der Waals surface area contributed by atoms with Gasteiger partial charge in [0, 0.05) is 44.6 Å². The van der Waals surface area contributed by atoms with Crippen LogP contribution in [0.25, 0.3) is 0 Å². The summed E-state index contributed by atoms with van der Waals surface area (Å²) in [5, 5.41) is 0. The van der Waals surface area contributed by atoms with Crippen LogP contribution in [0.4, 0.5) is 24.9 Å². The molecule has 3 heterocycles. The van der Waals surface area contributed by atoms with Crippen molar-refractivity contribution in [2.45, 2.75) is 19.5 Å². The minimum absolute atomic E-state index is 0.291. The van der Waals surface area contributed by atoms with E-state index in [4.69, 9.17) is 0 Å². The van der Waals surface area contributed by atoms with Crippen molar-refractivity contribution in [1.29, 1.82) is 0 Å². The minimum Gasteiger partial charge on any atom is -0.353 e. The van der Waals surface area contributed by atoms with Gasteiger partial charge >= 0.3 is 6.18 Å². The molecule has 3 rings (SSSR count). The lowest BCUT2D eigenvalue weighted by Crippen LogP contribution is -2.47. The largest absolute Gasteiger partial charge is 0.433 e. The highest BCUT2D eigenvalue weighted by Gasteiger charge is 2.33. The molecule has 9 heteroatoms. The molecular weight excluding hydrogens is 321 g/mol. The van der Waals surface area contributed by atoms with Gasteiger partial charge in [-0.3, -0.25) is 0 Å². The van der Waals surface area contributed by atoms with Gasteiger partial charge in [-0.2, -0.15) is 13.2 Å². The van der Waals surface area contributed by atoms with Crippen LogP contribution in [0.1, 0.15) is 18.2 Å². The molecule has 0 radical (unpaired) electrons. The van der Waals surface area contributed by atoms with Crippen molar-refractivity contribution in [3.05, 3.63) is 36.0 Å². The van der Waals surface area contributed by atoms with Gasteiger partial charge in [0.05, 0.1) is 0 Å². The number of alkyl halides is 3. The molecule has 24 heavy (non-hydrogen) atoms. The molecule has 0 saturated carbocycles. The number of aryl methyl sites for hydroxylation is 1. The van der Waals surface area contributed by atoms with E-state index in [0.29, 0.717) is 37.9 Å². The molecule has 2 aromatic heterocycles. The van der Waals surface area contributed by atoms with Gasteiger partial charge in [0.2, 0.25) is 5.95 Å². The second-order valence-electron chi connectivity index (χ2n) is 5.48. The van der Waals surface area contributed by atoms with Crippen LogP contribution < -0.4 is 9.80 Å². The van der Waals surface area contributed by atoms with Crippen LogP contribution in [0.5, 0.6) is 0 Å². The summed E-state index contributed by atoms with van der Waals surface area (Å²) < 4.78 is 38.2. The van der Waals surface area contributed by atoms with Crippen molar-refractivity contribution >= 4 is 11.8 Å². The van der Waals surface area contributed by atoms with Gasteiger partial charge in [-0.1, -0.05) is 6.92 Å². The molecule has 0 N–H and O–H groups in total. The molecule has 0 unspecified atom stereocenters. The Hall–Kier alpha value is -2.45. The predicted molar refractivity (Wildman–Crippen MR) is 82.9 cm³/mol. The third kappa shape index (κ3) is 3.55. The van der Waals surface area contributed by atoms with Crippen LogP contribution in [0, 0.1) is 0 Å². The number of halogens is 3. The first-order chi connectivity index (χ1) is 11.5. The molecule has 0 spiro atoms. The summed E-state index contributed by atoms with van der Waals surface area (Å²) in [6.45, 7) is 4.38. The molecule has 0 bridgehead atoms. The Kier molecular flexibility index (Phi) is 4.50. The smallest absolute Gasteiger partial charge is 0.353 e. The van der Waals surface area contributed by atoms with Gasteiger partial charge in [0.1, 0.15) is 17.8 Å². The van der Waals surface area contributed by atoms with E-state index in [2.05, 4.69) is 19.9 Å². The fraction of sp³-hybridized carbons (Fsp3) is 0.467. The Morgan fingerprint density at radius 2 is 1.58 bits per heavy atom. The molecule has 1 saturated heterocycles. The third-order valence-electron chi connectivity index (χ3n) is 3.93. The molecule has 0 atom stereocenters. The lowest BCUT2D eigenvalue weighted by molar-refractivity contribution is -0.141. The van der Waals surface area contributed by atoms with Gasteiger partial charge in [-0.15, -0.1) is 0 Å². The number of hydrogen-bond donors (Lipinski definition) is 0. The van der Waals surface area contributed by atoms with Crippen LogP contribution >= 0.6 is 0 Å². The molecule has 6 nitrogen and oxygen atoms in total. The van der Waals surface area contributed by atoms with Gasteiger partial charge in [0.25, 0.3) is 0 Å². The fourth-order valence-corrected chi connectivity index (χ4v) is 2.50. The summed E-state index contributed by atoms with van der Waals surface area (Å²) in [4.78, 5) is 19.8. The van der Waals surface area contributed by atoms with Crippen LogP contribution in [-0.4, -0.2) is 46.1 Å². The van der Waals surface area contributed by atoms with Crippen molar-refractivity contribution in [3.8, 4) is 0 Å². The number of hydrogen-bond acceptors (Lipinski definition) is 6. The Balaban J connectivity index is 1.66. The number of anilines is 2. The van der Waals surface area contributed by atoms with Crippen LogP contribution in [0.2, 0.25) is 0 Å². The van der Waals surface area contributed by atoms with Crippen LogP contribution in [0.15, 0.2) is 24.8 Å². The second-order valence-corrected chi connectivity index (χ2v) is 5.48. The summed E-state index contributed by atoms with van der Waals surface area (Å²) in [6, 6.07) is 0.988. The zero-order valence-corrected chi connectivity index (χ0v) is 13.2. The minimum atomic E-state index is -4.46. The number of nitrogens with zero attached hydrogens (tertiary/aromatic N) is 6. The highest BCUT2D eigenvalue weighted by molar-refractivity contribution is 5.43. The zero-order chi connectivity index (χ0) is 17.2. The first-order valence-corrected chi connectivity index (χ1v) is 7.67. The molecule has 0 amide bonds. The first-order valence-electron chi connectivity index (χ1n) is 7.67. The van der Waals surface area contributed by atoms with E-state index in [9.17, 15) is 13.2 Å². The Morgan fingerprint density at radius 1 is 0.958 bits per heavy atom. The maximum atomic E-state index is 12.7. The summed E-state index contributed by atoms with van der Waals surface area (Å²) in [6.07, 6.45) is 0.971. The highest BCUT2D eigenvalue weighted by atomic mass is 19.4. The summed E-state index contributed by atoms with van der Waals surface area (Å²) in [5.74, 6) is 0.935. The highest BCUT2D eigenvalue weighted by Crippen LogP contribution is 2.29. The lowest BCUT2D eigenvalue weighted by atomic mass is 10.3. The molecular formula is C15H17F3N6. The molecule has 2 aromatic rings.